The van der Waals surface area contributed by atoms with Gasteiger partial charge in [0.05, 0.1) is 12.5 Å². The Balaban J connectivity index is 1.54. The number of benzene rings is 1. The Bertz CT molecular complexity index is 1110. The monoisotopic (exact) mass is 433 g/mol. The Labute approximate surface area is 175 Å². The molecule has 0 atom stereocenters. The van der Waals surface area contributed by atoms with E-state index in [9.17, 15) is 17.6 Å². The molecule has 1 saturated heterocycles. The number of fused-ring (bicyclic) bond motifs is 1. The number of hydrogen-bond acceptors (Lipinski definition) is 6. The van der Waals surface area contributed by atoms with Crippen molar-refractivity contribution in [1.82, 2.24) is 19.6 Å². The molecule has 0 aliphatic carbocycles. The summed E-state index contributed by atoms with van der Waals surface area (Å²) in [5.74, 6) is -0.255. The molecule has 160 valence electrons. The van der Waals surface area contributed by atoms with E-state index in [-0.39, 0.29) is 28.9 Å². The fraction of sp³-hybridized carbons (Fsp3) is 0.450. The lowest BCUT2D eigenvalue weighted by molar-refractivity contribution is 0.0930. The van der Waals surface area contributed by atoms with Gasteiger partial charge in [-0.25, -0.2) is 27.1 Å². The molecular formula is C20H24FN5O3S. The molecule has 4 rings (SSSR count). The number of carbonyl (C=O) groups is 1. The van der Waals surface area contributed by atoms with Crippen LogP contribution in [0.2, 0.25) is 0 Å². The van der Waals surface area contributed by atoms with Crippen LogP contribution in [-0.2, 0) is 15.4 Å². The predicted octanol–water partition coefficient (Wildman–Crippen LogP) is 1.61. The number of halogens is 1. The van der Waals surface area contributed by atoms with E-state index >= 15 is 0 Å². The van der Waals surface area contributed by atoms with E-state index in [1.54, 1.807) is 12.1 Å². The first-order valence-electron chi connectivity index (χ1n) is 9.69. The van der Waals surface area contributed by atoms with E-state index < -0.39 is 15.8 Å². The zero-order valence-corrected chi connectivity index (χ0v) is 17.9. The van der Waals surface area contributed by atoms with Gasteiger partial charge in [-0.05, 0) is 17.7 Å². The SMILES string of the molecule is CC1(C)CNC(=O)c2ccc(-c3nc(NCC4CN(S(C)(=O)=O)C4)ncc3F)cc21. The van der Waals surface area contributed by atoms with Crippen LogP contribution in [0.15, 0.2) is 24.4 Å². The van der Waals surface area contributed by atoms with Gasteiger partial charge in [0.25, 0.3) is 5.91 Å². The van der Waals surface area contributed by atoms with Gasteiger partial charge >= 0.3 is 0 Å². The van der Waals surface area contributed by atoms with E-state index in [4.69, 9.17) is 0 Å². The topological polar surface area (TPSA) is 104 Å². The number of sulfonamides is 1. The Kier molecular flexibility index (Phi) is 5.01. The quantitative estimate of drug-likeness (QED) is 0.742. The van der Waals surface area contributed by atoms with Crippen LogP contribution in [0, 0.1) is 11.7 Å². The molecule has 0 saturated carbocycles. The number of nitrogens with one attached hydrogen (secondary N) is 2. The van der Waals surface area contributed by atoms with Crippen LogP contribution in [-0.4, -0.2) is 61.0 Å². The maximum absolute atomic E-state index is 14.5. The second-order valence-corrected chi connectivity index (χ2v) is 10.5. The van der Waals surface area contributed by atoms with E-state index in [0.29, 0.717) is 37.3 Å². The molecule has 3 heterocycles. The van der Waals surface area contributed by atoms with Gasteiger partial charge in [-0.1, -0.05) is 19.9 Å². The van der Waals surface area contributed by atoms with Crippen LogP contribution in [0.1, 0.15) is 29.8 Å². The summed E-state index contributed by atoms with van der Waals surface area (Å²) >= 11 is 0. The first kappa shape index (κ1) is 20.7. The van der Waals surface area contributed by atoms with Crippen molar-refractivity contribution < 1.29 is 17.6 Å². The molecule has 1 fully saturated rings. The van der Waals surface area contributed by atoms with Crippen molar-refractivity contribution in [1.29, 1.82) is 0 Å². The van der Waals surface area contributed by atoms with Gasteiger partial charge in [-0.3, -0.25) is 4.79 Å². The molecule has 2 aliphatic heterocycles. The van der Waals surface area contributed by atoms with Crippen LogP contribution in [0.4, 0.5) is 10.3 Å². The molecule has 1 amide bonds. The summed E-state index contributed by atoms with van der Waals surface area (Å²) in [4.78, 5) is 20.5. The van der Waals surface area contributed by atoms with Crippen molar-refractivity contribution in [3.05, 3.63) is 41.3 Å². The van der Waals surface area contributed by atoms with Gasteiger partial charge in [0, 0.05) is 48.6 Å². The third-order valence-corrected chi connectivity index (χ3v) is 6.88. The first-order chi connectivity index (χ1) is 14.0. The molecule has 0 radical (unpaired) electrons. The average molecular weight is 434 g/mol. The normalized spacial score (nSPS) is 19.0. The third kappa shape index (κ3) is 3.89. The lowest BCUT2D eigenvalue weighted by atomic mass is 9.78. The summed E-state index contributed by atoms with van der Waals surface area (Å²) in [5, 5.41) is 5.94. The Morgan fingerprint density at radius 1 is 1.33 bits per heavy atom. The minimum atomic E-state index is -3.16. The number of nitrogens with zero attached hydrogens (tertiary/aromatic N) is 3. The Morgan fingerprint density at radius 3 is 2.77 bits per heavy atom. The van der Waals surface area contributed by atoms with Crippen LogP contribution >= 0.6 is 0 Å². The van der Waals surface area contributed by atoms with Crippen molar-refractivity contribution in [2.75, 3.05) is 37.8 Å². The van der Waals surface area contributed by atoms with E-state index in [0.717, 1.165) is 11.8 Å². The van der Waals surface area contributed by atoms with Gasteiger partial charge < -0.3 is 10.6 Å². The van der Waals surface area contributed by atoms with Crippen molar-refractivity contribution in [2.45, 2.75) is 19.3 Å². The maximum Gasteiger partial charge on any atom is 0.251 e. The largest absolute Gasteiger partial charge is 0.354 e. The van der Waals surface area contributed by atoms with Gasteiger partial charge in [-0.2, -0.15) is 0 Å². The number of aromatic nitrogens is 2. The van der Waals surface area contributed by atoms with E-state index in [1.165, 1.54) is 10.6 Å². The van der Waals surface area contributed by atoms with Crippen LogP contribution < -0.4 is 10.6 Å². The minimum Gasteiger partial charge on any atom is -0.354 e. The second-order valence-electron chi connectivity index (χ2n) is 8.54. The number of rotatable bonds is 5. The zero-order valence-electron chi connectivity index (χ0n) is 17.1. The fourth-order valence-corrected chi connectivity index (χ4v) is 4.72. The molecule has 2 aliphatic rings. The van der Waals surface area contributed by atoms with Crippen LogP contribution in [0.25, 0.3) is 11.3 Å². The summed E-state index contributed by atoms with van der Waals surface area (Å²) in [6.07, 6.45) is 2.31. The molecule has 0 bridgehead atoms. The molecule has 2 aromatic rings. The zero-order chi connectivity index (χ0) is 21.7. The first-order valence-corrected chi connectivity index (χ1v) is 11.5. The van der Waals surface area contributed by atoms with Crippen molar-refractivity contribution in [3.8, 4) is 11.3 Å². The molecule has 30 heavy (non-hydrogen) atoms. The van der Waals surface area contributed by atoms with Gasteiger partial charge in [0.2, 0.25) is 16.0 Å². The standard InChI is InChI=1S/C20H24FN5O3S/c1-20(2)11-24-18(27)14-5-4-13(6-15(14)20)17-16(21)8-23-19(25-17)22-7-12-9-26(10-12)30(3,28)29/h4-6,8,12H,7,9-11H2,1-3H3,(H,24,27)(H,22,23,25). The van der Waals surface area contributed by atoms with Gasteiger partial charge in [-0.15, -0.1) is 0 Å². The van der Waals surface area contributed by atoms with E-state index in [1.807, 2.05) is 19.9 Å². The Morgan fingerprint density at radius 2 is 2.07 bits per heavy atom. The summed E-state index contributed by atoms with van der Waals surface area (Å²) in [6, 6.07) is 5.20. The highest BCUT2D eigenvalue weighted by molar-refractivity contribution is 7.88. The summed E-state index contributed by atoms with van der Waals surface area (Å²) < 4.78 is 38.8. The summed E-state index contributed by atoms with van der Waals surface area (Å²) in [7, 11) is -3.16. The van der Waals surface area contributed by atoms with Crippen molar-refractivity contribution in [2.24, 2.45) is 5.92 Å². The maximum atomic E-state index is 14.5. The number of anilines is 1. The van der Waals surface area contributed by atoms with Crippen molar-refractivity contribution in [3.63, 3.8) is 0 Å². The molecular weight excluding hydrogens is 409 g/mol. The summed E-state index contributed by atoms with van der Waals surface area (Å²) in [5.41, 5.74) is 1.89. The van der Waals surface area contributed by atoms with Crippen LogP contribution in [0.3, 0.4) is 0 Å². The lowest BCUT2D eigenvalue weighted by Crippen LogP contribution is -2.51. The molecule has 1 aromatic heterocycles. The summed E-state index contributed by atoms with van der Waals surface area (Å²) in [6.45, 7) is 5.94. The molecule has 8 nitrogen and oxygen atoms in total. The molecule has 10 heteroatoms. The molecule has 1 aromatic carbocycles. The smallest absolute Gasteiger partial charge is 0.251 e. The number of carbonyl (C=O) groups excluding carboxylic acids is 1. The van der Waals surface area contributed by atoms with Gasteiger partial charge in [0.1, 0.15) is 5.69 Å². The fourth-order valence-electron chi connectivity index (χ4n) is 3.75. The average Bonchev–Trinajstić information content (AvgIpc) is 2.64. The molecule has 0 unspecified atom stereocenters. The molecule has 0 spiro atoms. The third-order valence-electron chi connectivity index (χ3n) is 5.64. The minimum absolute atomic E-state index is 0.134. The number of hydrogen-bond donors (Lipinski definition) is 2. The highest BCUT2D eigenvalue weighted by Crippen LogP contribution is 2.33. The Hall–Kier alpha value is -2.59. The predicted molar refractivity (Wildman–Crippen MR) is 111 cm³/mol. The van der Waals surface area contributed by atoms with Crippen LogP contribution in [0.5, 0.6) is 0 Å². The van der Waals surface area contributed by atoms with Crippen molar-refractivity contribution >= 4 is 21.9 Å². The molecule has 2 N–H and O–H groups in total. The highest BCUT2D eigenvalue weighted by Gasteiger charge is 2.33. The second kappa shape index (κ2) is 7.28. The number of amides is 1. The lowest BCUT2D eigenvalue weighted by Gasteiger charge is -2.37. The van der Waals surface area contributed by atoms with Gasteiger partial charge in [0.15, 0.2) is 5.82 Å². The highest BCUT2D eigenvalue weighted by atomic mass is 32.2. The van der Waals surface area contributed by atoms with E-state index in [2.05, 4.69) is 20.6 Å².